The van der Waals surface area contributed by atoms with Gasteiger partial charge in [-0.05, 0) is 37.1 Å². The number of nitrogens with one attached hydrogen (secondary N) is 2. The van der Waals surface area contributed by atoms with Crippen LogP contribution >= 0.6 is 0 Å². The average molecular weight is 394 g/mol. The van der Waals surface area contributed by atoms with Crippen molar-refractivity contribution in [2.75, 3.05) is 17.2 Å². The summed E-state index contributed by atoms with van der Waals surface area (Å²) in [6.07, 6.45) is 1.32. The molecule has 9 heteroatoms. The van der Waals surface area contributed by atoms with Crippen LogP contribution in [-0.2, 0) is 6.18 Å². The molecule has 0 radical (unpaired) electrons. The largest absolute Gasteiger partial charge is 0.433 e. The van der Waals surface area contributed by atoms with E-state index in [-0.39, 0.29) is 23.3 Å². The topological polar surface area (TPSA) is 87.1 Å². The highest BCUT2D eigenvalue weighted by Gasteiger charge is 2.32. The number of amides is 1. The van der Waals surface area contributed by atoms with E-state index in [0.29, 0.717) is 12.4 Å². The maximum atomic E-state index is 12.6. The quantitative estimate of drug-likeness (QED) is 0.720. The first-order valence-corrected chi connectivity index (χ1v) is 9.06. The van der Waals surface area contributed by atoms with Crippen LogP contribution in [0.3, 0.4) is 0 Å². The van der Waals surface area contributed by atoms with E-state index in [2.05, 4.69) is 20.6 Å². The molecule has 2 atom stereocenters. The number of hydrogen-bond donors (Lipinski definition) is 3. The molecule has 0 aliphatic heterocycles. The van der Waals surface area contributed by atoms with Gasteiger partial charge in [-0.25, -0.2) is 9.97 Å². The molecule has 0 bridgehead atoms. The van der Waals surface area contributed by atoms with E-state index in [0.717, 1.165) is 44.0 Å². The molecule has 0 spiro atoms. The fourth-order valence-corrected chi connectivity index (χ4v) is 3.22. The number of aromatic nitrogens is 2. The minimum absolute atomic E-state index is 0.0887. The Balaban J connectivity index is 1.67. The molecule has 2 aromatic heterocycles. The van der Waals surface area contributed by atoms with Gasteiger partial charge in [0, 0.05) is 18.7 Å². The van der Waals surface area contributed by atoms with E-state index in [9.17, 15) is 23.1 Å². The summed E-state index contributed by atoms with van der Waals surface area (Å²) in [5.74, 6) is -0.0650. The van der Waals surface area contributed by atoms with Gasteiger partial charge in [0.05, 0.1) is 23.6 Å². The second kappa shape index (κ2) is 8.55. The number of pyridine rings is 2. The molecule has 1 aliphatic rings. The molecule has 3 rings (SSSR count). The summed E-state index contributed by atoms with van der Waals surface area (Å²) in [4.78, 5) is 20.0. The molecule has 0 saturated heterocycles. The van der Waals surface area contributed by atoms with E-state index >= 15 is 0 Å². The summed E-state index contributed by atoms with van der Waals surface area (Å²) in [5, 5.41) is 15.7. The van der Waals surface area contributed by atoms with E-state index in [1.54, 1.807) is 12.1 Å². The SMILES string of the molecule is O=C(Nc1ccc(C(F)(F)F)nc1)c1cccnc1NCC1CCCC[C@@H]1O. The van der Waals surface area contributed by atoms with Crippen LogP contribution in [0.2, 0.25) is 0 Å². The number of nitrogens with zero attached hydrogens (tertiary/aromatic N) is 2. The van der Waals surface area contributed by atoms with Gasteiger partial charge in [0.1, 0.15) is 11.5 Å². The zero-order chi connectivity index (χ0) is 20.1. The number of halogens is 3. The van der Waals surface area contributed by atoms with Crippen LogP contribution in [0.4, 0.5) is 24.7 Å². The fourth-order valence-electron chi connectivity index (χ4n) is 3.22. The lowest BCUT2D eigenvalue weighted by molar-refractivity contribution is -0.141. The lowest BCUT2D eigenvalue weighted by Gasteiger charge is -2.28. The van der Waals surface area contributed by atoms with Crippen LogP contribution in [-0.4, -0.2) is 33.6 Å². The highest BCUT2D eigenvalue weighted by molar-refractivity contribution is 6.07. The normalized spacial score (nSPS) is 19.9. The molecule has 6 nitrogen and oxygen atoms in total. The van der Waals surface area contributed by atoms with Crippen molar-refractivity contribution in [1.29, 1.82) is 0 Å². The third-order valence-electron chi connectivity index (χ3n) is 4.76. The minimum atomic E-state index is -4.54. The average Bonchev–Trinajstić information content (AvgIpc) is 2.67. The number of aliphatic hydroxyl groups is 1. The fraction of sp³-hybridized carbons (Fsp3) is 0.421. The second-order valence-corrected chi connectivity index (χ2v) is 6.78. The molecular formula is C19H21F3N4O2. The van der Waals surface area contributed by atoms with Crippen molar-refractivity contribution >= 4 is 17.4 Å². The zero-order valence-corrected chi connectivity index (χ0v) is 15.0. The van der Waals surface area contributed by atoms with Crippen LogP contribution in [0.15, 0.2) is 36.7 Å². The Kier molecular flexibility index (Phi) is 6.13. The van der Waals surface area contributed by atoms with Crippen LogP contribution < -0.4 is 10.6 Å². The lowest BCUT2D eigenvalue weighted by atomic mass is 9.86. The number of alkyl halides is 3. The van der Waals surface area contributed by atoms with Crippen molar-refractivity contribution in [3.8, 4) is 0 Å². The van der Waals surface area contributed by atoms with Gasteiger partial charge in [-0.1, -0.05) is 12.8 Å². The maximum Gasteiger partial charge on any atom is 0.433 e. The number of rotatable bonds is 5. The maximum absolute atomic E-state index is 12.6. The number of carbonyl (C=O) groups is 1. The number of anilines is 2. The molecule has 1 saturated carbocycles. The van der Waals surface area contributed by atoms with Crippen LogP contribution in [0, 0.1) is 5.92 Å². The third kappa shape index (κ3) is 4.98. The summed E-state index contributed by atoms with van der Waals surface area (Å²) < 4.78 is 37.7. The Morgan fingerprint density at radius 1 is 1.18 bits per heavy atom. The Hall–Kier alpha value is -2.68. The molecule has 1 aliphatic carbocycles. The van der Waals surface area contributed by atoms with Crippen LogP contribution in [0.5, 0.6) is 0 Å². The molecule has 1 fully saturated rings. The smallest absolute Gasteiger partial charge is 0.393 e. The Morgan fingerprint density at radius 2 is 1.96 bits per heavy atom. The predicted molar refractivity (Wildman–Crippen MR) is 97.9 cm³/mol. The molecule has 3 N–H and O–H groups in total. The molecule has 2 aromatic rings. The van der Waals surface area contributed by atoms with E-state index in [1.165, 1.54) is 6.20 Å². The molecule has 28 heavy (non-hydrogen) atoms. The van der Waals surface area contributed by atoms with Gasteiger partial charge < -0.3 is 15.7 Å². The Morgan fingerprint density at radius 3 is 2.64 bits per heavy atom. The Bertz CT molecular complexity index is 812. The molecule has 1 unspecified atom stereocenters. The first-order valence-electron chi connectivity index (χ1n) is 9.06. The number of hydrogen-bond acceptors (Lipinski definition) is 5. The van der Waals surface area contributed by atoms with Crippen LogP contribution in [0.25, 0.3) is 0 Å². The molecule has 150 valence electrons. The van der Waals surface area contributed by atoms with Crippen LogP contribution in [0.1, 0.15) is 41.7 Å². The van der Waals surface area contributed by atoms with Gasteiger partial charge >= 0.3 is 6.18 Å². The van der Waals surface area contributed by atoms with Gasteiger partial charge in [0.25, 0.3) is 5.91 Å². The predicted octanol–water partition coefficient (Wildman–Crippen LogP) is 3.71. The molecular weight excluding hydrogens is 373 g/mol. The van der Waals surface area contributed by atoms with E-state index < -0.39 is 17.8 Å². The summed E-state index contributed by atoms with van der Waals surface area (Å²) in [5.41, 5.74) is -0.622. The molecule has 0 aromatic carbocycles. The van der Waals surface area contributed by atoms with Gasteiger partial charge in [-0.3, -0.25) is 4.79 Å². The third-order valence-corrected chi connectivity index (χ3v) is 4.76. The van der Waals surface area contributed by atoms with Crippen molar-refractivity contribution in [2.24, 2.45) is 5.92 Å². The highest BCUT2D eigenvalue weighted by atomic mass is 19.4. The van der Waals surface area contributed by atoms with Crippen molar-refractivity contribution < 1.29 is 23.1 Å². The van der Waals surface area contributed by atoms with Crippen molar-refractivity contribution in [3.05, 3.63) is 47.9 Å². The van der Waals surface area contributed by atoms with Crippen molar-refractivity contribution in [2.45, 2.75) is 38.0 Å². The zero-order valence-electron chi connectivity index (χ0n) is 15.0. The molecule has 2 heterocycles. The Labute approximate surface area is 160 Å². The first-order chi connectivity index (χ1) is 13.3. The van der Waals surface area contributed by atoms with Gasteiger partial charge in [-0.15, -0.1) is 0 Å². The summed E-state index contributed by atoms with van der Waals surface area (Å²) >= 11 is 0. The molecule has 1 amide bonds. The van der Waals surface area contributed by atoms with E-state index in [1.807, 2.05) is 0 Å². The van der Waals surface area contributed by atoms with E-state index in [4.69, 9.17) is 0 Å². The summed E-state index contributed by atoms with van der Waals surface area (Å²) in [7, 11) is 0. The number of aliphatic hydroxyl groups excluding tert-OH is 1. The monoisotopic (exact) mass is 394 g/mol. The summed E-state index contributed by atoms with van der Waals surface area (Å²) in [6.45, 7) is 0.486. The van der Waals surface area contributed by atoms with Gasteiger partial charge in [-0.2, -0.15) is 13.2 Å². The van der Waals surface area contributed by atoms with Gasteiger partial charge in [0.15, 0.2) is 0 Å². The van der Waals surface area contributed by atoms with Gasteiger partial charge in [0.2, 0.25) is 0 Å². The summed E-state index contributed by atoms with van der Waals surface area (Å²) in [6, 6.07) is 5.12. The van der Waals surface area contributed by atoms with Crippen molar-refractivity contribution in [3.63, 3.8) is 0 Å². The highest BCUT2D eigenvalue weighted by Crippen LogP contribution is 2.28. The second-order valence-electron chi connectivity index (χ2n) is 6.78. The van der Waals surface area contributed by atoms with Crippen molar-refractivity contribution in [1.82, 2.24) is 9.97 Å². The first kappa shape index (κ1) is 20.1. The lowest BCUT2D eigenvalue weighted by Crippen LogP contribution is -2.31. The standard InChI is InChI=1S/C19H21F3N4O2/c20-19(21,22)16-8-7-13(11-24-16)26-18(28)14-5-3-9-23-17(14)25-10-12-4-1-2-6-15(12)27/h3,5,7-9,11-12,15,27H,1-2,4,6,10H2,(H,23,25)(H,26,28)/t12?,15-/m0/s1. The number of carbonyl (C=O) groups excluding carboxylic acids is 1. The minimum Gasteiger partial charge on any atom is -0.393 e.